The molecule has 4 rings (SSSR count). The molecule has 1 aliphatic rings. The van der Waals surface area contributed by atoms with Gasteiger partial charge in [-0.1, -0.05) is 11.3 Å². The van der Waals surface area contributed by atoms with Crippen molar-refractivity contribution in [3.8, 4) is 0 Å². The molecule has 2 heterocycles. The molecular formula is C20H17FN4O7S3. The second-order valence-electron chi connectivity index (χ2n) is 7.46. The summed E-state index contributed by atoms with van der Waals surface area (Å²) in [6.45, 7) is 0.0927. The minimum absolute atomic E-state index is 0.0542. The van der Waals surface area contributed by atoms with Gasteiger partial charge in [-0.2, -0.15) is 4.31 Å². The molecule has 1 atom stereocenters. The number of thiazole rings is 1. The maximum Gasteiger partial charge on any atom is 0.269 e. The highest BCUT2D eigenvalue weighted by atomic mass is 32.2. The fourth-order valence-corrected chi connectivity index (χ4v) is 7.62. The van der Waals surface area contributed by atoms with E-state index in [1.54, 1.807) is 0 Å². The average molecular weight is 541 g/mol. The van der Waals surface area contributed by atoms with E-state index >= 15 is 0 Å². The largest absolute Gasteiger partial charge is 0.301 e. The van der Waals surface area contributed by atoms with Gasteiger partial charge in [0.2, 0.25) is 25.8 Å². The Kier molecular flexibility index (Phi) is 6.68. The molecule has 1 saturated heterocycles. The Morgan fingerprint density at radius 1 is 1.09 bits per heavy atom. The lowest BCUT2D eigenvalue weighted by atomic mass is 10.2. The van der Waals surface area contributed by atoms with Crippen LogP contribution in [-0.2, 0) is 24.7 Å². The number of nitro benzene ring substituents is 1. The molecular weight excluding hydrogens is 523 g/mol. The van der Waals surface area contributed by atoms with Crippen LogP contribution < -0.4 is 5.32 Å². The zero-order valence-corrected chi connectivity index (χ0v) is 20.1. The fourth-order valence-electron chi connectivity index (χ4n) is 3.53. The molecule has 1 aliphatic heterocycles. The number of sulfonamides is 1. The number of anilines is 1. The number of nitrogens with one attached hydrogen (secondary N) is 1. The van der Waals surface area contributed by atoms with Gasteiger partial charge in [0.15, 0.2) is 5.13 Å². The molecule has 1 aromatic heterocycles. The van der Waals surface area contributed by atoms with Gasteiger partial charge in [0.1, 0.15) is 16.1 Å². The molecule has 3 aromatic rings. The Morgan fingerprint density at radius 2 is 1.71 bits per heavy atom. The Balaban J connectivity index is 1.51. The van der Waals surface area contributed by atoms with Crippen LogP contribution in [-0.4, -0.2) is 49.5 Å². The first-order valence-electron chi connectivity index (χ1n) is 10.0. The van der Waals surface area contributed by atoms with Crippen LogP contribution in [0.3, 0.4) is 0 Å². The summed E-state index contributed by atoms with van der Waals surface area (Å²) < 4.78 is 65.6. The first kappa shape index (κ1) is 24.8. The van der Waals surface area contributed by atoms with Gasteiger partial charge in [-0.3, -0.25) is 14.9 Å². The van der Waals surface area contributed by atoms with Crippen LogP contribution in [0.2, 0.25) is 0 Å². The number of nitrogens with zero attached hydrogens (tertiary/aromatic N) is 3. The second-order valence-corrected chi connectivity index (χ2v) is 12.6. The number of carbonyl (C=O) groups is 1. The number of non-ortho nitro benzene ring substituents is 1. The average Bonchev–Trinajstić information content (AvgIpc) is 3.50. The summed E-state index contributed by atoms with van der Waals surface area (Å²) in [4.78, 5) is 26.6. The molecule has 0 radical (unpaired) electrons. The maximum absolute atomic E-state index is 13.2. The van der Waals surface area contributed by atoms with Crippen LogP contribution in [0.4, 0.5) is 15.2 Å². The number of amides is 1. The molecule has 0 bridgehead atoms. The first-order chi connectivity index (χ1) is 16.5. The van der Waals surface area contributed by atoms with Gasteiger partial charge in [-0.05, 0) is 49.2 Å². The first-order valence-corrected chi connectivity index (χ1v) is 13.8. The van der Waals surface area contributed by atoms with E-state index in [-0.39, 0.29) is 37.8 Å². The zero-order chi connectivity index (χ0) is 25.4. The van der Waals surface area contributed by atoms with Crippen molar-refractivity contribution in [2.24, 2.45) is 0 Å². The van der Waals surface area contributed by atoms with E-state index in [1.165, 1.54) is 0 Å². The number of hydrogen-bond donors (Lipinski definition) is 1. The summed E-state index contributed by atoms with van der Waals surface area (Å²) in [6, 6.07) is 7.54. The van der Waals surface area contributed by atoms with Gasteiger partial charge in [0.25, 0.3) is 5.69 Å². The second kappa shape index (κ2) is 9.41. The van der Waals surface area contributed by atoms with Crippen molar-refractivity contribution in [1.29, 1.82) is 0 Å². The van der Waals surface area contributed by atoms with Crippen LogP contribution in [0.15, 0.2) is 68.7 Å². The number of aromatic nitrogens is 1. The molecule has 35 heavy (non-hydrogen) atoms. The standard InChI is InChI=1S/C20H17FN4O7S3/c21-13-3-7-16(8-4-13)35(31,32)24-11-1-2-17(24)19(26)23-20-22-12-18(33-20)34(29,30)15-9-5-14(6-10-15)25(27)28/h3-10,12,17H,1-2,11H2,(H,22,23,26). The summed E-state index contributed by atoms with van der Waals surface area (Å²) in [6.07, 6.45) is 1.71. The predicted molar refractivity (Wildman–Crippen MR) is 123 cm³/mol. The van der Waals surface area contributed by atoms with Gasteiger partial charge in [0.05, 0.1) is 20.9 Å². The Labute approximate surface area is 203 Å². The topological polar surface area (TPSA) is 157 Å². The van der Waals surface area contributed by atoms with Gasteiger partial charge >= 0.3 is 0 Å². The van der Waals surface area contributed by atoms with Gasteiger partial charge < -0.3 is 5.32 Å². The predicted octanol–water partition coefficient (Wildman–Crippen LogP) is 2.82. The Morgan fingerprint density at radius 3 is 2.34 bits per heavy atom. The minimum Gasteiger partial charge on any atom is -0.301 e. The lowest BCUT2D eigenvalue weighted by molar-refractivity contribution is -0.384. The maximum atomic E-state index is 13.2. The van der Waals surface area contributed by atoms with E-state index in [0.29, 0.717) is 17.8 Å². The van der Waals surface area contributed by atoms with Crippen molar-refractivity contribution in [2.45, 2.75) is 32.9 Å². The number of sulfone groups is 1. The summed E-state index contributed by atoms with van der Waals surface area (Å²) in [5, 5.41) is 13.2. The van der Waals surface area contributed by atoms with Crippen LogP contribution in [0, 0.1) is 15.9 Å². The Hall–Kier alpha value is -3.27. The van der Waals surface area contributed by atoms with Gasteiger partial charge in [-0.15, -0.1) is 0 Å². The molecule has 1 fully saturated rings. The van der Waals surface area contributed by atoms with Crippen molar-refractivity contribution >= 4 is 47.9 Å². The van der Waals surface area contributed by atoms with E-state index < -0.39 is 42.6 Å². The highest BCUT2D eigenvalue weighted by molar-refractivity contribution is 7.93. The van der Waals surface area contributed by atoms with Crippen molar-refractivity contribution < 1.29 is 30.9 Å². The molecule has 0 spiro atoms. The van der Waals surface area contributed by atoms with E-state index in [0.717, 1.165) is 59.0 Å². The summed E-state index contributed by atoms with van der Waals surface area (Å²) >= 11 is 0.664. The normalized spacial score (nSPS) is 16.8. The van der Waals surface area contributed by atoms with Crippen molar-refractivity contribution in [1.82, 2.24) is 9.29 Å². The number of hydrogen-bond acceptors (Lipinski definition) is 9. The van der Waals surface area contributed by atoms with Crippen molar-refractivity contribution in [3.63, 3.8) is 0 Å². The lowest BCUT2D eigenvalue weighted by Crippen LogP contribution is -2.43. The van der Waals surface area contributed by atoms with Crippen LogP contribution >= 0.6 is 11.3 Å². The molecule has 1 amide bonds. The van der Waals surface area contributed by atoms with Crippen LogP contribution in [0.5, 0.6) is 0 Å². The zero-order valence-electron chi connectivity index (χ0n) is 17.7. The van der Waals surface area contributed by atoms with E-state index in [4.69, 9.17) is 0 Å². The summed E-state index contributed by atoms with van der Waals surface area (Å²) in [5.41, 5.74) is -0.266. The molecule has 1 N–H and O–H groups in total. The fraction of sp³-hybridized carbons (Fsp3) is 0.200. The van der Waals surface area contributed by atoms with Crippen LogP contribution in [0.25, 0.3) is 0 Å². The molecule has 2 aromatic carbocycles. The van der Waals surface area contributed by atoms with Crippen molar-refractivity contribution in [3.05, 3.63) is 70.7 Å². The third kappa shape index (κ3) is 4.93. The smallest absolute Gasteiger partial charge is 0.269 e. The lowest BCUT2D eigenvalue weighted by Gasteiger charge is -2.23. The molecule has 15 heteroatoms. The van der Waals surface area contributed by atoms with E-state index in [2.05, 4.69) is 10.3 Å². The highest BCUT2D eigenvalue weighted by Crippen LogP contribution is 2.31. The third-order valence-corrected chi connectivity index (χ3v) is 10.3. The number of rotatable bonds is 7. The molecule has 0 aliphatic carbocycles. The molecule has 184 valence electrons. The van der Waals surface area contributed by atoms with Crippen molar-refractivity contribution in [2.75, 3.05) is 11.9 Å². The monoisotopic (exact) mass is 540 g/mol. The number of nitro groups is 1. The number of carbonyl (C=O) groups excluding carboxylic acids is 1. The third-order valence-electron chi connectivity index (χ3n) is 5.26. The summed E-state index contributed by atoms with van der Waals surface area (Å²) in [5.74, 6) is -1.27. The highest BCUT2D eigenvalue weighted by Gasteiger charge is 2.39. The SMILES string of the molecule is O=C(Nc1ncc(S(=O)(=O)c2ccc([N+](=O)[O-])cc2)s1)C1CCCN1S(=O)(=O)c1ccc(F)cc1. The molecule has 0 saturated carbocycles. The number of halogens is 1. The Bertz CT molecular complexity index is 1490. The van der Waals surface area contributed by atoms with E-state index in [1.807, 2.05) is 0 Å². The van der Waals surface area contributed by atoms with Gasteiger partial charge in [-0.25, -0.2) is 26.2 Å². The quantitative estimate of drug-likeness (QED) is 0.354. The number of benzene rings is 2. The van der Waals surface area contributed by atoms with E-state index in [9.17, 15) is 36.1 Å². The summed E-state index contributed by atoms with van der Waals surface area (Å²) in [7, 11) is -8.10. The molecule has 1 unspecified atom stereocenters. The van der Waals surface area contributed by atoms with Crippen LogP contribution in [0.1, 0.15) is 12.8 Å². The minimum atomic E-state index is -4.06. The molecule has 11 nitrogen and oxygen atoms in total. The van der Waals surface area contributed by atoms with Gasteiger partial charge in [0, 0.05) is 18.7 Å².